The van der Waals surface area contributed by atoms with Crippen LogP contribution in [0, 0.1) is 13.8 Å². The Balaban J connectivity index is 1.94. The highest BCUT2D eigenvalue weighted by Crippen LogP contribution is 2.54. The number of pyridine rings is 3. The van der Waals surface area contributed by atoms with Crippen LogP contribution in [-0.2, 0) is 10.8 Å². The Morgan fingerprint density at radius 3 is 2.44 bits per heavy atom. The van der Waals surface area contributed by atoms with Crippen molar-refractivity contribution in [1.82, 2.24) is 14.4 Å². The molecule has 6 aromatic rings. The molecular weight excluding hydrogens is 390 g/mol. The Hall–Kier alpha value is -3.20. The van der Waals surface area contributed by atoms with E-state index in [0.717, 1.165) is 23.3 Å². The van der Waals surface area contributed by atoms with Gasteiger partial charge in [-0.2, -0.15) is 0 Å². The van der Waals surface area contributed by atoms with Gasteiger partial charge in [-0.15, -0.1) is 0 Å². The Morgan fingerprint density at radius 2 is 1.62 bits per heavy atom. The predicted molar refractivity (Wildman–Crippen MR) is 134 cm³/mol. The van der Waals surface area contributed by atoms with Crippen LogP contribution >= 0.6 is 0 Å². The monoisotopic (exact) mass is 417 g/mol. The van der Waals surface area contributed by atoms with Crippen LogP contribution in [0.2, 0.25) is 0 Å². The second-order valence-corrected chi connectivity index (χ2v) is 11.2. The first-order valence-corrected chi connectivity index (χ1v) is 11.6. The predicted octanol–water partition coefficient (Wildman–Crippen LogP) is 7.36. The average molecular weight is 418 g/mol. The lowest BCUT2D eigenvalue weighted by molar-refractivity contribution is 0.404. The molecule has 0 saturated carbocycles. The van der Waals surface area contributed by atoms with E-state index in [1.54, 1.807) is 0 Å². The molecule has 0 amide bonds. The maximum absolute atomic E-state index is 5.10. The number of benzene rings is 2. The van der Waals surface area contributed by atoms with Gasteiger partial charge in [0.15, 0.2) is 0 Å². The van der Waals surface area contributed by atoms with Gasteiger partial charge in [0.25, 0.3) is 0 Å². The zero-order valence-electron chi connectivity index (χ0n) is 19.6. The van der Waals surface area contributed by atoms with Crippen molar-refractivity contribution in [3.63, 3.8) is 0 Å². The Labute approximate surface area is 187 Å². The van der Waals surface area contributed by atoms with Crippen molar-refractivity contribution in [2.24, 2.45) is 0 Å². The van der Waals surface area contributed by atoms with E-state index in [1.165, 1.54) is 54.7 Å². The van der Waals surface area contributed by atoms with Crippen molar-refractivity contribution in [1.29, 1.82) is 0 Å². The van der Waals surface area contributed by atoms with Gasteiger partial charge in [0, 0.05) is 33.4 Å². The van der Waals surface area contributed by atoms with Crippen LogP contribution < -0.4 is 0 Å². The summed E-state index contributed by atoms with van der Waals surface area (Å²) in [6, 6.07) is 13.6. The molecule has 2 aromatic carbocycles. The van der Waals surface area contributed by atoms with E-state index < -0.39 is 0 Å². The fourth-order valence-electron chi connectivity index (χ4n) is 6.91. The van der Waals surface area contributed by atoms with Crippen LogP contribution in [0.5, 0.6) is 0 Å². The van der Waals surface area contributed by atoms with Gasteiger partial charge in [-0.1, -0.05) is 33.8 Å². The summed E-state index contributed by atoms with van der Waals surface area (Å²) >= 11 is 0. The second kappa shape index (κ2) is 5.40. The highest BCUT2D eigenvalue weighted by molar-refractivity contribution is 6.26. The van der Waals surface area contributed by atoms with Gasteiger partial charge in [0.1, 0.15) is 5.65 Å². The summed E-state index contributed by atoms with van der Waals surface area (Å²) in [4.78, 5) is 10.1. The topological polar surface area (TPSA) is 30.2 Å². The number of aromatic nitrogens is 3. The molecule has 0 radical (unpaired) electrons. The molecule has 158 valence electrons. The van der Waals surface area contributed by atoms with E-state index in [0.29, 0.717) is 0 Å². The molecule has 0 bridgehead atoms. The van der Waals surface area contributed by atoms with Gasteiger partial charge in [0.05, 0.1) is 16.6 Å². The summed E-state index contributed by atoms with van der Waals surface area (Å²) in [6.07, 6.45) is 3.12. The molecule has 0 aliphatic heterocycles. The smallest absolute Gasteiger partial charge is 0.145 e. The Kier molecular flexibility index (Phi) is 3.10. The fraction of sp³-hybridized carbons (Fsp3) is 0.310. The van der Waals surface area contributed by atoms with Crippen molar-refractivity contribution in [3.05, 3.63) is 65.0 Å². The number of fused-ring (bicyclic) bond motifs is 7. The molecular formula is C29H27N3. The van der Waals surface area contributed by atoms with E-state index in [4.69, 9.17) is 9.97 Å². The van der Waals surface area contributed by atoms with Gasteiger partial charge in [-0.05, 0) is 83.5 Å². The molecule has 0 saturated heterocycles. The van der Waals surface area contributed by atoms with Gasteiger partial charge in [-0.3, -0.25) is 9.38 Å². The maximum Gasteiger partial charge on any atom is 0.145 e. The third-order valence-corrected chi connectivity index (χ3v) is 7.79. The molecule has 0 unspecified atom stereocenters. The maximum atomic E-state index is 5.10. The van der Waals surface area contributed by atoms with E-state index >= 15 is 0 Å². The highest BCUT2D eigenvalue weighted by atomic mass is 15.0. The number of aryl methyl sites for hydroxylation is 2. The first-order valence-electron chi connectivity index (χ1n) is 11.6. The van der Waals surface area contributed by atoms with E-state index in [1.807, 2.05) is 6.20 Å². The molecule has 32 heavy (non-hydrogen) atoms. The molecule has 4 heterocycles. The van der Waals surface area contributed by atoms with E-state index in [2.05, 4.69) is 82.3 Å². The van der Waals surface area contributed by atoms with Crippen LogP contribution in [0.25, 0.3) is 49.1 Å². The van der Waals surface area contributed by atoms with Gasteiger partial charge >= 0.3 is 0 Å². The summed E-state index contributed by atoms with van der Waals surface area (Å²) in [6.45, 7) is 13.9. The molecule has 3 nitrogen and oxygen atoms in total. The van der Waals surface area contributed by atoms with Crippen molar-refractivity contribution in [2.75, 3.05) is 0 Å². The number of hydrogen-bond acceptors (Lipinski definition) is 2. The van der Waals surface area contributed by atoms with Crippen LogP contribution in [0.1, 0.15) is 56.5 Å². The third-order valence-electron chi connectivity index (χ3n) is 7.79. The molecule has 0 spiro atoms. The Morgan fingerprint density at radius 1 is 0.844 bits per heavy atom. The normalized spacial score (nSPS) is 17.4. The summed E-state index contributed by atoms with van der Waals surface area (Å²) < 4.78 is 2.48. The Bertz CT molecular complexity index is 1760. The molecule has 0 N–H and O–H groups in total. The number of nitrogens with zero attached hydrogens (tertiary/aromatic N) is 3. The molecule has 1 aliphatic carbocycles. The number of hydrogen-bond donors (Lipinski definition) is 0. The van der Waals surface area contributed by atoms with Gasteiger partial charge in [-0.25, -0.2) is 4.98 Å². The fourth-order valence-corrected chi connectivity index (χ4v) is 6.91. The summed E-state index contributed by atoms with van der Waals surface area (Å²) in [5.41, 5.74) is 10.2. The SMILES string of the molecule is Cc1cc2c3ccc(C)nc3n3c4c5c(cc6ccnc(c(c1)c23)c64)C(C)(C)CC5(C)C. The summed E-state index contributed by atoms with van der Waals surface area (Å²) in [5.74, 6) is 0. The van der Waals surface area contributed by atoms with Crippen LogP contribution in [0.3, 0.4) is 0 Å². The zero-order valence-corrected chi connectivity index (χ0v) is 19.6. The average Bonchev–Trinajstić information content (AvgIpc) is 3.12. The first kappa shape index (κ1) is 18.4. The van der Waals surface area contributed by atoms with Crippen molar-refractivity contribution >= 4 is 49.1 Å². The molecule has 1 aliphatic rings. The quantitative estimate of drug-likeness (QED) is 0.191. The lowest BCUT2D eigenvalue weighted by Gasteiger charge is -2.24. The molecule has 3 heteroatoms. The molecule has 0 atom stereocenters. The van der Waals surface area contributed by atoms with Crippen LogP contribution in [0.4, 0.5) is 0 Å². The summed E-state index contributed by atoms with van der Waals surface area (Å²) in [5, 5.41) is 6.29. The van der Waals surface area contributed by atoms with Crippen LogP contribution in [-0.4, -0.2) is 14.4 Å². The third kappa shape index (κ3) is 2.03. The molecule has 7 rings (SSSR count). The van der Waals surface area contributed by atoms with Gasteiger partial charge < -0.3 is 0 Å². The minimum atomic E-state index is 0.0738. The van der Waals surface area contributed by atoms with Crippen molar-refractivity contribution in [3.8, 4) is 0 Å². The first-order chi connectivity index (χ1) is 15.2. The molecule has 0 fully saturated rings. The van der Waals surface area contributed by atoms with Gasteiger partial charge in [0.2, 0.25) is 0 Å². The van der Waals surface area contributed by atoms with Crippen LogP contribution in [0.15, 0.2) is 42.6 Å². The standard InChI is InChI=1S/C29H27N3/c1-15-11-19-18-8-7-16(2)31-27(18)32-25(19)20(12-15)24-22-17(9-10-30-24)13-21-23(26(22)32)29(5,6)14-28(21,3)4/h7-13H,14H2,1-6H3. The second-order valence-electron chi connectivity index (χ2n) is 11.2. The molecule has 4 aromatic heterocycles. The van der Waals surface area contributed by atoms with Crippen molar-refractivity contribution < 1.29 is 0 Å². The largest absolute Gasteiger partial charge is 0.292 e. The lowest BCUT2D eigenvalue weighted by Crippen LogP contribution is -2.18. The highest BCUT2D eigenvalue weighted by Gasteiger charge is 2.44. The lowest BCUT2D eigenvalue weighted by atomic mass is 9.81. The summed E-state index contributed by atoms with van der Waals surface area (Å²) in [7, 11) is 0. The minimum absolute atomic E-state index is 0.0738. The van der Waals surface area contributed by atoms with E-state index in [9.17, 15) is 0 Å². The zero-order chi connectivity index (χ0) is 22.2. The number of rotatable bonds is 0. The van der Waals surface area contributed by atoms with E-state index in [-0.39, 0.29) is 10.8 Å². The minimum Gasteiger partial charge on any atom is -0.292 e. The van der Waals surface area contributed by atoms with Crippen molar-refractivity contribution in [2.45, 2.75) is 58.8 Å².